The summed E-state index contributed by atoms with van der Waals surface area (Å²) in [5.74, 6) is -0.146. The number of likely N-dealkylation sites (N-methyl/N-ethyl adjacent to an activating group) is 1. The highest BCUT2D eigenvalue weighted by atomic mass is 16.6. The van der Waals surface area contributed by atoms with Crippen molar-refractivity contribution in [2.45, 2.75) is 0 Å². The SMILES string of the molecule is CNCC(=O)Oc1ccc([N+](=O)[O-])cc1. The molecular formula is C9H10N2O4. The maximum absolute atomic E-state index is 11.0. The van der Waals surface area contributed by atoms with Crippen LogP contribution in [0.2, 0.25) is 0 Å². The maximum Gasteiger partial charge on any atom is 0.325 e. The number of ether oxygens (including phenoxy) is 1. The van der Waals surface area contributed by atoms with E-state index in [1.165, 1.54) is 24.3 Å². The fourth-order valence-corrected chi connectivity index (χ4v) is 0.948. The Kier molecular flexibility index (Phi) is 3.75. The second-order valence-electron chi connectivity index (χ2n) is 2.76. The molecule has 0 aliphatic carbocycles. The zero-order valence-corrected chi connectivity index (χ0v) is 8.10. The Balaban J connectivity index is 2.64. The van der Waals surface area contributed by atoms with Gasteiger partial charge >= 0.3 is 5.97 Å². The molecule has 0 bridgehead atoms. The molecule has 0 fully saturated rings. The molecule has 0 aromatic heterocycles. The highest BCUT2D eigenvalue weighted by molar-refractivity contribution is 5.74. The maximum atomic E-state index is 11.0. The summed E-state index contributed by atoms with van der Waals surface area (Å²) in [7, 11) is 1.62. The average molecular weight is 210 g/mol. The van der Waals surface area contributed by atoms with Crippen molar-refractivity contribution in [2.75, 3.05) is 13.6 Å². The number of hydrogen-bond acceptors (Lipinski definition) is 5. The van der Waals surface area contributed by atoms with Crippen LogP contribution in [-0.2, 0) is 4.79 Å². The first-order valence-electron chi connectivity index (χ1n) is 4.23. The predicted octanol–water partition coefficient (Wildman–Crippen LogP) is 0.720. The van der Waals surface area contributed by atoms with Gasteiger partial charge in [-0.2, -0.15) is 0 Å². The monoisotopic (exact) mass is 210 g/mol. The summed E-state index contributed by atoms with van der Waals surface area (Å²) in [6, 6.07) is 5.32. The standard InChI is InChI=1S/C9H10N2O4/c1-10-6-9(12)15-8-4-2-7(3-5-8)11(13)14/h2-5,10H,6H2,1H3. The van der Waals surface area contributed by atoms with E-state index in [0.717, 1.165) is 0 Å². The molecule has 0 aliphatic rings. The third-order valence-electron chi connectivity index (χ3n) is 1.60. The minimum Gasteiger partial charge on any atom is -0.426 e. The molecule has 0 radical (unpaired) electrons. The van der Waals surface area contributed by atoms with Crippen molar-refractivity contribution in [2.24, 2.45) is 0 Å². The summed E-state index contributed by atoms with van der Waals surface area (Å²) in [4.78, 5) is 20.8. The fourth-order valence-electron chi connectivity index (χ4n) is 0.948. The van der Waals surface area contributed by atoms with Crippen LogP contribution in [0.5, 0.6) is 5.75 Å². The van der Waals surface area contributed by atoms with Gasteiger partial charge in [0.05, 0.1) is 11.5 Å². The summed E-state index contributed by atoms with van der Waals surface area (Å²) in [6.45, 7) is 0.0942. The molecule has 0 heterocycles. The molecule has 1 aromatic carbocycles. The Hall–Kier alpha value is -1.95. The lowest BCUT2D eigenvalue weighted by Gasteiger charge is -2.02. The lowest BCUT2D eigenvalue weighted by Crippen LogP contribution is -2.23. The van der Waals surface area contributed by atoms with E-state index in [-0.39, 0.29) is 12.2 Å². The van der Waals surface area contributed by atoms with E-state index >= 15 is 0 Å². The highest BCUT2D eigenvalue weighted by Crippen LogP contribution is 2.17. The largest absolute Gasteiger partial charge is 0.426 e. The summed E-state index contributed by atoms with van der Waals surface area (Å²) in [5, 5.41) is 13.0. The molecular weight excluding hydrogens is 200 g/mol. The molecule has 0 spiro atoms. The Morgan fingerprint density at radius 2 is 2.07 bits per heavy atom. The average Bonchev–Trinajstić information content (AvgIpc) is 2.18. The van der Waals surface area contributed by atoms with Crippen LogP contribution in [-0.4, -0.2) is 24.5 Å². The van der Waals surface area contributed by atoms with Gasteiger partial charge in [0.2, 0.25) is 0 Å². The van der Waals surface area contributed by atoms with Gasteiger partial charge in [0.15, 0.2) is 0 Å². The highest BCUT2D eigenvalue weighted by Gasteiger charge is 2.06. The number of hydrogen-bond donors (Lipinski definition) is 1. The van der Waals surface area contributed by atoms with Gasteiger partial charge in [0, 0.05) is 12.1 Å². The topological polar surface area (TPSA) is 81.5 Å². The van der Waals surface area contributed by atoms with Gasteiger partial charge in [-0.05, 0) is 19.2 Å². The van der Waals surface area contributed by atoms with Crippen LogP contribution in [0.15, 0.2) is 24.3 Å². The van der Waals surface area contributed by atoms with Gasteiger partial charge in [-0.25, -0.2) is 0 Å². The van der Waals surface area contributed by atoms with E-state index in [4.69, 9.17) is 4.74 Å². The second-order valence-corrected chi connectivity index (χ2v) is 2.76. The molecule has 6 heteroatoms. The van der Waals surface area contributed by atoms with Gasteiger partial charge in [-0.1, -0.05) is 0 Å². The van der Waals surface area contributed by atoms with Gasteiger partial charge in [-0.3, -0.25) is 14.9 Å². The van der Waals surface area contributed by atoms with E-state index < -0.39 is 10.9 Å². The first kappa shape index (κ1) is 11.1. The molecule has 1 rings (SSSR count). The molecule has 0 aliphatic heterocycles. The van der Waals surface area contributed by atoms with Gasteiger partial charge in [-0.15, -0.1) is 0 Å². The minimum absolute atomic E-state index is 0.0385. The van der Waals surface area contributed by atoms with Gasteiger partial charge in [0.25, 0.3) is 5.69 Å². The van der Waals surface area contributed by atoms with Crippen molar-refractivity contribution >= 4 is 11.7 Å². The molecule has 1 aromatic rings. The molecule has 0 atom stereocenters. The van der Waals surface area contributed by atoms with Crippen molar-refractivity contribution < 1.29 is 14.5 Å². The van der Waals surface area contributed by atoms with Crippen LogP contribution in [0.3, 0.4) is 0 Å². The number of rotatable bonds is 4. The molecule has 0 saturated heterocycles. The van der Waals surface area contributed by atoms with Crippen LogP contribution in [0.4, 0.5) is 5.69 Å². The third-order valence-corrected chi connectivity index (χ3v) is 1.60. The number of nitrogens with one attached hydrogen (secondary N) is 1. The zero-order chi connectivity index (χ0) is 11.3. The van der Waals surface area contributed by atoms with Crippen molar-refractivity contribution in [3.63, 3.8) is 0 Å². The summed E-state index contributed by atoms with van der Waals surface area (Å²) in [6.07, 6.45) is 0. The third kappa shape index (κ3) is 3.35. The van der Waals surface area contributed by atoms with E-state index in [9.17, 15) is 14.9 Å². The first-order valence-corrected chi connectivity index (χ1v) is 4.23. The van der Waals surface area contributed by atoms with Crippen LogP contribution in [0.25, 0.3) is 0 Å². The lowest BCUT2D eigenvalue weighted by atomic mass is 10.3. The van der Waals surface area contributed by atoms with Crippen molar-refractivity contribution in [3.05, 3.63) is 34.4 Å². The first-order chi connectivity index (χ1) is 7.13. The van der Waals surface area contributed by atoms with Crippen LogP contribution < -0.4 is 10.1 Å². The number of esters is 1. The number of nitrogens with zero attached hydrogens (tertiary/aromatic N) is 1. The fraction of sp³-hybridized carbons (Fsp3) is 0.222. The number of benzene rings is 1. The lowest BCUT2D eigenvalue weighted by molar-refractivity contribution is -0.384. The molecule has 0 unspecified atom stereocenters. The molecule has 0 saturated carbocycles. The molecule has 6 nitrogen and oxygen atoms in total. The van der Waals surface area contributed by atoms with E-state index in [1.807, 2.05) is 0 Å². The minimum atomic E-state index is -0.515. The Morgan fingerprint density at radius 3 is 2.53 bits per heavy atom. The predicted molar refractivity (Wildman–Crippen MR) is 52.7 cm³/mol. The smallest absolute Gasteiger partial charge is 0.325 e. The van der Waals surface area contributed by atoms with Crippen LogP contribution in [0.1, 0.15) is 0 Å². The summed E-state index contributed by atoms with van der Waals surface area (Å²) >= 11 is 0. The number of nitro benzene ring substituents is 1. The number of carbonyl (C=O) groups is 1. The van der Waals surface area contributed by atoms with E-state index in [2.05, 4.69) is 5.32 Å². The normalized spacial score (nSPS) is 9.67. The summed E-state index contributed by atoms with van der Waals surface area (Å²) in [5.41, 5.74) is -0.0385. The second kappa shape index (κ2) is 5.06. The van der Waals surface area contributed by atoms with Crippen LogP contribution in [0, 0.1) is 10.1 Å². The van der Waals surface area contributed by atoms with Gasteiger partial charge in [0.1, 0.15) is 5.75 Å². The van der Waals surface area contributed by atoms with Crippen molar-refractivity contribution in [3.8, 4) is 5.75 Å². The Bertz CT molecular complexity index is 361. The Morgan fingerprint density at radius 1 is 1.47 bits per heavy atom. The van der Waals surface area contributed by atoms with Crippen molar-refractivity contribution in [1.29, 1.82) is 0 Å². The molecule has 0 amide bonds. The molecule has 1 N–H and O–H groups in total. The van der Waals surface area contributed by atoms with E-state index in [1.54, 1.807) is 7.05 Å². The van der Waals surface area contributed by atoms with Gasteiger partial charge < -0.3 is 10.1 Å². The number of carbonyl (C=O) groups excluding carboxylic acids is 1. The quantitative estimate of drug-likeness (QED) is 0.342. The van der Waals surface area contributed by atoms with Crippen LogP contribution >= 0.6 is 0 Å². The number of non-ortho nitro benzene ring substituents is 1. The Labute approximate surface area is 86.0 Å². The number of nitro groups is 1. The zero-order valence-electron chi connectivity index (χ0n) is 8.10. The summed E-state index contributed by atoms with van der Waals surface area (Å²) < 4.78 is 4.87. The molecule has 15 heavy (non-hydrogen) atoms. The van der Waals surface area contributed by atoms with Crippen molar-refractivity contribution in [1.82, 2.24) is 5.32 Å². The van der Waals surface area contributed by atoms with E-state index in [0.29, 0.717) is 5.75 Å². The molecule has 80 valence electrons.